The molecule has 0 saturated heterocycles. The molecule has 0 aliphatic carbocycles. The maximum atomic E-state index is 11.7. The highest BCUT2D eigenvalue weighted by Gasteiger charge is 2.27. The lowest BCUT2D eigenvalue weighted by Crippen LogP contribution is -2.27. The molecule has 2 rings (SSSR count). The molecule has 0 saturated carbocycles. The Labute approximate surface area is 123 Å². The summed E-state index contributed by atoms with van der Waals surface area (Å²) in [6, 6.07) is 9.89. The van der Waals surface area contributed by atoms with E-state index in [1.807, 2.05) is 30.3 Å². The Morgan fingerprint density at radius 1 is 1.14 bits per heavy atom. The van der Waals surface area contributed by atoms with Crippen LogP contribution in [0.1, 0.15) is 38.0 Å². The first-order valence-corrected chi connectivity index (χ1v) is 6.85. The minimum atomic E-state index is -0.515. The summed E-state index contributed by atoms with van der Waals surface area (Å²) in [6.07, 6.45) is 1.25. The van der Waals surface area contributed by atoms with Gasteiger partial charge in [0.05, 0.1) is 18.3 Å². The molecule has 5 nitrogen and oxygen atoms in total. The molecule has 1 aromatic heterocycles. The quantitative estimate of drug-likeness (QED) is 0.907. The predicted octanol–water partition coefficient (Wildman–Crippen LogP) is 2.37. The van der Waals surface area contributed by atoms with Crippen LogP contribution in [0.3, 0.4) is 0 Å². The highest BCUT2D eigenvalue weighted by Crippen LogP contribution is 2.36. The Hall–Kier alpha value is -2.14. The molecule has 0 radical (unpaired) electrons. The number of ether oxygens (including phenoxy) is 1. The predicted molar refractivity (Wildman–Crippen MR) is 81.1 cm³/mol. The SMILES string of the molecule is CC(C)(C)C(OCc1c[nH]c(=O)[nH]c1=O)c1ccccc1. The maximum Gasteiger partial charge on any atom is 0.325 e. The molecule has 5 heteroatoms. The number of H-pyrrole nitrogens is 2. The molecule has 1 atom stereocenters. The number of nitrogens with one attached hydrogen (secondary N) is 2. The monoisotopic (exact) mass is 288 g/mol. The Morgan fingerprint density at radius 3 is 2.38 bits per heavy atom. The first-order chi connectivity index (χ1) is 9.88. The standard InChI is InChI=1S/C16H20N2O3/c1-16(2,3)13(11-7-5-4-6-8-11)21-10-12-9-17-15(20)18-14(12)19/h4-9,13H,10H2,1-3H3,(H2,17,18,19,20). The average Bonchev–Trinajstić information content (AvgIpc) is 2.41. The van der Waals surface area contributed by atoms with E-state index in [-0.39, 0.29) is 18.1 Å². The van der Waals surface area contributed by atoms with Gasteiger partial charge in [-0.1, -0.05) is 51.1 Å². The van der Waals surface area contributed by atoms with Crippen molar-refractivity contribution in [2.75, 3.05) is 0 Å². The van der Waals surface area contributed by atoms with Gasteiger partial charge in [-0.05, 0) is 11.0 Å². The number of rotatable bonds is 4. The van der Waals surface area contributed by atoms with Crippen LogP contribution in [0.25, 0.3) is 0 Å². The van der Waals surface area contributed by atoms with E-state index < -0.39 is 11.2 Å². The van der Waals surface area contributed by atoms with Crippen LogP contribution in [0.2, 0.25) is 0 Å². The summed E-state index contributed by atoms with van der Waals surface area (Å²) >= 11 is 0. The zero-order valence-corrected chi connectivity index (χ0v) is 12.5. The van der Waals surface area contributed by atoms with Crippen molar-refractivity contribution >= 4 is 0 Å². The van der Waals surface area contributed by atoms with Crippen LogP contribution in [0.15, 0.2) is 46.1 Å². The van der Waals surface area contributed by atoms with Gasteiger partial charge in [-0.2, -0.15) is 0 Å². The van der Waals surface area contributed by atoms with Crippen molar-refractivity contribution in [1.29, 1.82) is 0 Å². The largest absolute Gasteiger partial charge is 0.368 e. The summed E-state index contributed by atoms with van der Waals surface area (Å²) in [5.41, 5.74) is 0.417. The van der Waals surface area contributed by atoms with Gasteiger partial charge in [0.25, 0.3) is 5.56 Å². The normalized spacial score (nSPS) is 13.1. The van der Waals surface area contributed by atoms with E-state index in [4.69, 9.17) is 4.74 Å². The van der Waals surface area contributed by atoms with E-state index in [1.165, 1.54) is 6.20 Å². The summed E-state index contributed by atoms with van der Waals surface area (Å²) in [7, 11) is 0. The van der Waals surface area contributed by atoms with Crippen LogP contribution in [0.4, 0.5) is 0 Å². The van der Waals surface area contributed by atoms with Crippen LogP contribution >= 0.6 is 0 Å². The van der Waals surface area contributed by atoms with Crippen molar-refractivity contribution in [2.45, 2.75) is 33.5 Å². The molecular formula is C16H20N2O3. The first kappa shape index (κ1) is 15.3. The molecule has 0 spiro atoms. The number of aromatic amines is 2. The molecule has 112 valence electrons. The van der Waals surface area contributed by atoms with Crippen molar-refractivity contribution in [1.82, 2.24) is 9.97 Å². The lowest BCUT2D eigenvalue weighted by molar-refractivity contribution is -0.0309. The van der Waals surface area contributed by atoms with Gasteiger partial charge in [-0.25, -0.2) is 4.79 Å². The van der Waals surface area contributed by atoms with Gasteiger partial charge in [0.2, 0.25) is 0 Å². The van der Waals surface area contributed by atoms with Crippen LogP contribution in [0, 0.1) is 5.41 Å². The van der Waals surface area contributed by atoms with E-state index in [9.17, 15) is 9.59 Å². The van der Waals surface area contributed by atoms with Crippen molar-refractivity contribution in [3.8, 4) is 0 Å². The minimum Gasteiger partial charge on any atom is -0.368 e. The van der Waals surface area contributed by atoms with Crippen LogP contribution in [-0.4, -0.2) is 9.97 Å². The molecule has 1 aromatic carbocycles. The van der Waals surface area contributed by atoms with Gasteiger partial charge in [-0.15, -0.1) is 0 Å². The van der Waals surface area contributed by atoms with Gasteiger partial charge >= 0.3 is 5.69 Å². The fourth-order valence-electron chi connectivity index (χ4n) is 2.19. The van der Waals surface area contributed by atoms with Gasteiger partial charge < -0.3 is 9.72 Å². The Bertz CT molecular complexity index is 696. The molecule has 2 aromatic rings. The topological polar surface area (TPSA) is 75.0 Å². The lowest BCUT2D eigenvalue weighted by atomic mass is 9.84. The van der Waals surface area contributed by atoms with E-state index in [0.29, 0.717) is 5.56 Å². The summed E-state index contributed by atoms with van der Waals surface area (Å²) < 4.78 is 5.96. The summed E-state index contributed by atoms with van der Waals surface area (Å²) in [6.45, 7) is 6.40. The Balaban J connectivity index is 2.21. The van der Waals surface area contributed by atoms with E-state index in [1.54, 1.807) is 0 Å². The second kappa shape index (κ2) is 6.10. The van der Waals surface area contributed by atoms with Crippen molar-refractivity contribution in [3.63, 3.8) is 0 Å². The number of benzene rings is 1. The highest BCUT2D eigenvalue weighted by atomic mass is 16.5. The van der Waals surface area contributed by atoms with E-state index in [2.05, 4.69) is 30.7 Å². The Kier molecular flexibility index (Phi) is 4.43. The van der Waals surface area contributed by atoms with E-state index in [0.717, 1.165) is 5.56 Å². The third kappa shape index (κ3) is 3.92. The lowest BCUT2D eigenvalue weighted by Gasteiger charge is -2.31. The molecule has 0 aliphatic rings. The van der Waals surface area contributed by atoms with Gasteiger partial charge in [0.15, 0.2) is 0 Å². The maximum absolute atomic E-state index is 11.7. The Morgan fingerprint density at radius 2 is 1.81 bits per heavy atom. The summed E-state index contributed by atoms with van der Waals surface area (Å²) in [4.78, 5) is 27.3. The zero-order chi connectivity index (χ0) is 15.5. The molecule has 0 amide bonds. The smallest absolute Gasteiger partial charge is 0.325 e. The van der Waals surface area contributed by atoms with Crippen molar-refractivity contribution in [2.24, 2.45) is 5.41 Å². The molecular weight excluding hydrogens is 268 g/mol. The fraction of sp³-hybridized carbons (Fsp3) is 0.375. The average molecular weight is 288 g/mol. The van der Waals surface area contributed by atoms with Crippen molar-refractivity contribution < 1.29 is 4.74 Å². The molecule has 1 heterocycles. The second-order valence-electron chi connectivity index (χ2n) is 6.06. The van der Waals surface area contributed by atoms with Crippen LogP contribution in [-0.2, 0) is 11.3 Å². The first-order valence-electron chi connectivity index (χ1n) is 6.85. The number of hydrogen-bond donors (Lipinski definition) is 2. The second-order valence-corrected chi connectivity index (χ2v) is 6.06. The third-order valence-electron chi connectivity index (χ3n) is 3.19. The van der Waals surface area contributed by atoms with Crippen LogP contribution < -0.4 is 11.2 Å². The van der Waals surface area contributed by atoms with Gasteiger partial charge in [-0.3, -0.25) is 9.78 Å². The van der Waals surface area contributed by atoms with Gasteiger partial charge in [0, 0.05) is 6.20 Å². The summed E-state index contributed by atoms with van der Waals surface area (Å²) in [5, 5.41) is 0. The molecule has 0 aliphatic heterocycles. The highest BCUT2D eigenvalue weighted by molar-refractivity contribution is 5.19. The number of hydrogen-bond acceptors (Lipinski definition) is 3. The molecule has 21 heavy (non-hydrogen) atoms. The minimum absolute atomic E-state index is 0.115. The zero-order valence-electron chi connectivity index (χ0n) is 12.5. The molecule has 2 N–H and O–H groups in total. The van der Waals surface area contributed by atoms with Crippen molar-refractivity contribution in [3.05, 3.63) is 68.5 Å². The van der Waals surface area contributed by atoms with Gasteiger partial charge in [0.1, 0.15) is 0 Å². The summed E-state index contributed by atoms with van der Waals surface area (Å²) in [5.74, 6) is 0. The van der Waals surface area contributed by atoms with E-state index >= 15 is 0 Å². The van der Waals surface area contributed by atoms with Crippen LogP contribution in [0.5, 0.6) is 0 Å². The fourth-order valence-corrected chi connectivity index (χ4v) is 2.19. The molecule has 0 bridgehead atoms. The molecule has 1 unspecified atom stereocenters. The number of aromatic nitrogens is 2. The third-order valence-corrected chi connectivity index (χ3v) is 3.19. The molecule has 0 fully saturated rings.